The maximum Gasteiger partial charge on any atom is 0.159 e. The largest absolute Gasteiger partial charge is 0.371 e. The zero-order valence-corrected chi connectivity index (χ0v) is 7.59. The first-order chi connectivity index (χ1) is 6.77. The van der Waals surface area contributed by atoms with E-state index < -0.39 is 11.6 Å². The van der Waals surface area contributed by atoms with Gasteiger partial charge in [-0.1, -0.05) is 6.07 Å². The third-order valence-corrected chi connectivity index (χ3v) is 2.24. The number of benzene rings is 1. The van der Waals surface area contributed by atoms with Crippen LogP contribution in [-0.2, 0) is 4.74 Å². The Labute approximate surface area is 80.9 Å². The lowest BCUT2D eigenvalue weighted by Gasteiger charge is -2.23. The van der Waals surface area contributed by atoms with E-state index in [0.717, 1.165) is 12.6 Å². The highest BCUT2D eigenvalue weighted by atomic mass is 19.2. The fraction of sp³-hybridized carbons (Fsp3) is 0.400. The second-order valence-electron chi connectivity index (χ2n) is 3.24. The smallest absolute Gasteiger partial charge is 0.159 e. The Morgan fingerprint density at radius 1 is 1.29 bits per heavy atom. The van der Waals surface area contributed by atoms with Gasteiger partial charge in [0.05, 0.1) is 12.7 Å². The normalized spacial score (nSPS) is 22.3. The van der Waals surface area contributed by atoms with Gasteiger partial charge in [0.25, 0.3) is 0 Å². The van der Waals surface area contributed by atoms with Crippen LogP contribution < -0.4 is 5.32 Å². The third-order valence-electron chi connectivity index (χ3n) is 2.24. The minimum atomic E-state index is -0.823. The second kappa shape index (κ2) is 4.02. The molecule has 0 amide bonds. The van der Waals surface area contributed by atoms with Crippen molar-refractivity contribution in [3.63, 3.8) is 0 Å². The summed E-state index contributed by atoms with van der Waals surface area (Å²) in [6, 6.07) is 3.87. The highest BCUT2D eigenvalue weighted by molar-refractivity contribution is 5.20. The molecule has 1 heterocycles. The van der Waals surface area contributed by atoms with E-state index in [4.69, 9.17) is 4.74 Å². The topological polar surface area (TPSA) is 21.3 Å². The molecule has 14 heavy (non-hydrogen) atoms. The summed E-state index contributed by atoms with van der Waals surface area (Å²) in [7, 11) is 0. The molecular formula is C10H11F2NO. The van der Waals surface area contributed by atoms with Gasteiger partial charge in [-0.05, 0) is 17.7 Å². The van der Waals surface area contributed by atoms with Crippen molar-refractivity contribution >= 4 is 0 Å². The zero-order chi connectivity index (χ0) is 9.97. The van der Waals surface area contributed by atoms with Crippen LogP contribution in [0.4, 0.5) is 8.78 Å². The molecule has 1 saturated heterocycles. The van der Waals surface area contributed by atoms with Crippen LogP contribution in [0.2, 0.25) is 0 Å². The molecule has 1 atom stereocenters. The number of hydrogen-bond donors (Lipinski definition) is 1. The van der Waals surface area contributed by atoms with Crippen molar-refractivity contribution in [3.8, 4) is 0 Å². The molecule has 1 fully saturated rings. The number of rotatable bonds is 1. The molecule has 1 aromatic rings. The Hall–Kier alpha value is -1.00. The van der Waals surface area contributed by atoms with Crippen LogP contribution in [-0.4, -0.2) is 19.7 Å². The van der Waals surface area contributed by atoms with Gasteiger partial charge in [-0.3, -0.25) is 0 Å². The Morgan fingerprint density at radius 3 is 2.79 bits per heavy atom. The number of morpholine rings is 1. The van der Waals surface area contributed by atoms with Gasteiger partial charge in [0, 0.05) is 13.1 Å². The van der Waals surface area contributed by atoms with E-state index in [1.54, 1.807) is 6.07 Å². The van der Waals surface area contributed by atoms with E-state index >= 15 is 0 Å². The van der Waals surface area contributed by atoms with Crippen LogP contribution >= 0.6 is 0 Å². The highest BCUT2D eigenvalue weighted by Crippen LogP contribution is 2.20. The summed E-state index contributed by atoms with van der Waals surface area (Å²) in [5.41, 5.74) is 0.677. The average molecular weight is 199 g/mol. The molecule has 0 spiro atoms. The molecule has 0 radical (unpaired) electrons. The quantitative estimate of drug-likeness (QED) is 0.742. The van der Waals surface area contributed by atoms with E-state index in [1.165, 1.54) is 6.07 Å². The fourth-order valence-corrected chi connectivity index (χ4v) is 1.49. The lowest BCUT2D eigenvalue weighted by molar-refractivity contribution is 0.0274. The predicted molar refractivity (Wildman–Crippen MR) is 47.9 cm³/mol. The average Bonchev–Trinajstić information content (AvgIpc) is 2.23. The van der Waals surface area contributed by atoms with Crippen molar-refractivity contribution in [3.05, 3.63) is 35.4 Å². The first kappa shape index (κ1) is 9.55. The molecule has 4 heteroatoms. The standard InChI is InChI=1S/C10H11F2NO/c11-8-2-1-7(5-9(8)12)10-6-13-3-4-14-10/h1-2,5,10,13H,3-4,6H2. The summed E-state index contributed by atoms with van der Waals surface area (Å²) in [6.45, 7) is 2.05. The SMILES string of the molecule is Fc1ccc(C2CNCCO2)cc1F. The van der Waals surface area contributed by atoms with Crippen molar-refractivity contribution < 1.29 is 13.5 Å². The second-order valence-corrected chi connectivity index (χ2v) is 3.24. The zero-order valence-electron chi connectivity index (χ0n) is 7.59. The minimum absolute atomic E-state index is 0.168. The van der Waals surface area contributed by atoms with Crippen LogP contribution in [0, 0.1) is 11.6 Å². The van der Waals surface area contributed by atoms with Crippen LogP contribution in [0.3, 0.4) is 0 Å². The summed E-state index contributed by atoms with van der Waals surface area (Å²) in [5, 5.41) is 3.13. The first-order valence-corrected chi connectivity index (χ1v) is 4.54. The summed E-state index contributed by atoms with van der Waals surface area (Å²) >= 11 is 0. The number of halogens is 2. The summed E-state index contributed by atoms with van der Waals surface area (Å²) in [6.07, 6.45) is -0.168. The van der Waals surface area contributed by atoms with Crippen molar-refractivity contribution in [2.45, 2.75) is 6.10 Å². The highest BCUT2D eigenvalue weighted by Gasteiger charge is 2.16. The molecule has 1 unspecified atom stereocenters. The number of hydrogen-bond acceptors (Lipinski definition) is 2. The maximum atomic E-state index is 12.9. The van der Waals surface area contributed by atoms with E-state index in [2.05, 4.69) is 5.32 Å². The summed E-state index contributed by atoms with van der Waals surface area (Å²) in [4.78, 5) is 0. The van der Waals surface area contributed by atoms with Crippen LogP contribution in [0.1, 0.15) is 11.7 Å². The van der Waals surface area contributed by atoms with Gasteiger partial charge in [-0.2, -0.15) is 0 Å². The fourth-order valence-electron chi connectivity index (χ4n) is 1.49. The van der Waals surface area contributed by atoms with Gasteiger partial charge in [0.15, 0.2) is 11.6 Å². The molecule has 0 saturated carbocycles. The van der Waals surface area contributed by atoms with Crippen LogP contribution in [0.5, 0.6) is 0 Å². The maximum absolute atomic E-state index is 12.9. The predicted octanol–water partition coefficient (Wildman–Crippen LogP) is 1.63. The lowest BCUT2D eigenvalue weighted by Crippen LogP contribution is -2.33. The lowest BCUT2D eigenvalue weighted by atomic mass is 10.1. The molecule has 76 valence electrons. The molecule has 0 aliphatic carbocycles. The Balaban J connectivity index is 2.18. The molecule has 1 aliphatic rings. The van der Waals surface area contributed by atoms with Crippen molar-refractivity contribution in [2.24, 2.45) is 0 Å². The van der Waals surface area contributed by atoms with Gasteiger partial charge < -0.3 is 10.1 Å². The Morgan fingerprint density at radius 2 is 2.14 bits per heavy atom. The Kier molecular flexibility index (Phi) is 2.74. The van der Waals surface area contributed by atoms with Gasteiger partial charge >= 0.3 is 0 Å². The van der Waals surface area contributed by atoms with Crippen LogP contribution in [0.25, 0.3) is 0 Å². The molecule has 1 N–H and O–H groups in total. The molecule has 1 aromatic carbocycles. The van der Waals surface area contributed by atoms with Crippen LogP contribution in [0.15, 0.2) is 18.2 Å². The van der Waals surface area contributed by atoms with Gasteiger partial charge in [-0.25, -0.2) is 8.78 Å². The minimum Gasteiger partial charge on any atom is -0.371 e. The van der Waals surface area contributed by atoms with Gasteiger partial charge in [0.1, 0.15) is 0 Å². The molecule has 1 aliphatic heterocycles. The molecule has 0 aromatic heterocycles. The van der Waals surface area contributed by atoms with E-state index in [9.17, 15) is 8.78 Å². The molecule has 0 bridgehead atoms. The summed E-state index contributed by atoms with van der Waals surface area (Å²) < 4.78 is 30.9. The Bertz CT molecular complexity index is 324. The monoisotopic (exact) mass is 199 g/mol. The van der Waals surface area contributed by atoms with E-state index in [0.29, 0.717) is 18.7 Å². The van der Waals surface area contributed by atoms with Gasteiger partial charge in [-0.15, -0.1) is 0 Å². The number of ether oxygens (including phenoxy) is 1. The first-order valence-electron chi connectivity index (χ1n) is 4.54. The summed E-state index contributed by atoms with van der Waals surface area (Å²) in [5.74, 6) is -1.64. The van der Waals surface area contributed by atoms with Crippen molar-refractivity contribution in [1.29, 1.82) is 0 Å². The molecule has 2 rings (SSSR count). The van der Waals surface area contributed by atoms with E-state index in [1.807, 2.05) is 0 Å². The number of nitrogens with one attached hydrogen (secondary N) is 1. The van der Waals surface area contributed by atoms with Crippen molar-refractivity contribution in [1.82, 2.24) is 5.32 Å². The molecule has 2 nitrogen and oxygen atoms in total. The van der Waals surface area contributed by atoms with E-state index in [-0.39, 0.29) is 6.10 Å². The van der Waals surface area contributed by atoms with Gasteiger partial charge in [0.2, 0.25) is 0 Å². The third kappa shape index (κ3) is 1.91. The van der Waals surface area contributed by atoms with Crippen molar-refractivity contribution in [2.75, 3.05) is 19.7 Å². The molecular weight excluding hydrogens is 188 g/mol.